The first-order valence-electron chi connectivity index (χ1n) is 8.34. The Balaban J connectivity index is 1.55. The van der Waals surface area contributed by atoms with E-state index in [0.29, 0.717) is 22.4 Å². The number of rotatable bonds is 7. The lowest BCUT2D eigenvalue weighted by Gasteiger charge is -2.11. The molecule has 2 aromatic rings. The molecule has 1 aliphatic rings. The van der Waals surface area contributed by atoms with Crippen molar-refractivity contribution in [2.45, 2.75) is 13.3 Å². The predicted molar refractivity (Wildman–Crippen MR) is 110 cm³/mol. The second-order valence-corrected chi connectivity index (χ2v) is 7.30. The van der Waals surface area contributed by atoms with Crippen LogP contribution in [-0.2, 0) is 11.2 Å². The Labute approximate surface area is 162 Å². The molecule has 4 nitrogen and oxygen atoms in total. The molecule has 0 spiro atoms. The van der Waals surface area contributed by atoms with E-state index >= 15 is 0 Å². The van der Waals surface area contributed by atoms with Crippen molar-refractivity contribution in [2.75, 3.05) is 13.2 Å². The van der Waals surface area contributed by atoms with Gasteiger partial charge in [-0.3, -0.25) is 4.79 Å². The molecule has 0 bridgehead atoms. The maximum Gasteiger partial charge on any atom is 0.263 e. The third-order valence-corrected chi connectivity index (χ3v) is 4.92. The second-order valence-electron chi connectivity index (χ2n) is 5.58. The van der Waals surface area contributed by atoms with Crippen molar-refractivity contribution in [3.05, 3.63) is 64.6 Å². The van der Waals surface area contributed by atoms with Gasteiger partial charge < -0.3 is 14.8 Å². The molecular formula is C20H19NO3S2. The number of aryl methyl sites for hydroxylation is 1. The number of para-hydroxylation sites is 1. The molecule has 26 heavy (non-hydrogen) atoms. The summed E-state index contributed by atoms with van der Waals surface area (Å²) in [6.45, 7) is 3.01. The molecule has 6 heteroatoms. The molecule has 0 aliphatic carbocycles. The minimum atomic E-state index is -0.158. The molecule has 2 aromatic carbocycles. The topological polar surface area (TPSA) is 47.6 Å². The Bertz CT molecular complexity index is 848. The van der Waals surface area contributed by atoms with E-state index in [1.165, 1.54) is 17.3 Å². The van der Waals surface area contributed by atoms with Crippen LogP contribution in [0.3, 0.4) is 0 Å². The Morgan fingerprint density at radius 3 is 2.69 bits per heavy atom. The number of nitrogens with one attached hydrogen (secondary N) is 1. The van der Waals surface area contributed by atoms with Crippen LogP contribution in [0.2, 0.25) is 0 Å². The van der Waals surface area contributed by atoms with Crippen LogP contribution < -0.4 is 14.8 Å². The van der Waals surface area contributed by atoms with Crippen molar-refractivity contribution in [1.29, 1.82) is 0 Å². The molecule has 0 unspecified atom stereocenters. The summed E-state index contributed by atoms with van der Waals surface area (Å²) < 4.78 is 12.1. The number of carbonyl (C=O) groups excluding carboxylic acids is 1. The number of ether oxygens (including phenoxy) is 2. The monoisotopic (exact) mass is 385 g/mol. The lowest BCUT2D eigenvalue weighted by atomic mass is 10.1. The predicted octanol–water partition coefficient (Wildman–Crippen LogP) is 4.20. The van der Waals surface area contributed by atoms with Gasteiger partial charge in [0.15, 0.2) is 0 Å². The highest BCUT2D eigenvalue weighted by Gasteiger charge is 2.21. The van der Waals surface area contributed by atoms with Gasteiger partial charge in [-0.1, -0.05) is 61.2 Å². The minimum Gasteiger partial charge on any atom is -0.490 e. The number of hydrogen-bond donors (Lipinski definition) is 1. The first kappa shape index (κ1) is 18.5. The van der Waals surface area contributed by atoms with Crippen LogP contribution in [0.25, 0.3) is 6.08 Å². The van der Waals surface area contributed by atoms with E-state index < -0.39 is 0 Å². The standard InChI is InChI=1S/C20H19NO3S2/c1-2-15-7-3-4-9-17(15)24-11-10-23-16-8-5-6-14(12-16)13-18-19(22)21-20(25)26-18/h3-9,12-13H,2,10-11H2,1H3,(H,21,22,25). The SMILES string of the molecule is CCc1ccccc1OCCOc1cccc(C=C2SC(=S)NC2=O)c1. The average Bonchev–Trinajstić information content (AvgIpc) is 2.96. The number of thioether (sulfide) groups is 1. The highest BCUT2D eigenvalue weighted by Crippen LogP contribution is 2.27. The summed E-state index contributed by atoms with van der Waals surface area (Å²) in [6.07, 6.45) is 2.74. The minimum absolute atomic E-state index is 0.158. The Morgan fingerprint density at radius 2 is 1.92 bits per heavy atom. The molecular weight excluding hydrogens is 366 g/mol. The average molecular weight is 386 g/mol. The maximum absolute atomic E-state index is 11.7. The van der Waals surface area contributed by atoms with Gasteiger partial charge in [-0.2, -0.15) is 0 Å². The van der Waals surface area contributed by atoms with Crippen LogP contribution in [0.4, 0.5) is 0 Å². The van der Waals surface area contributed by atoms with Crippen molar-refractivity contribution in [3.8, 4) is 11.5 Å². The second kappa shape index (κ2) is 8.87. The summed E-state index contributed by atoms with van der Waals surface area (Å²) in [6, 6.07) is 15.6. The van der Waals surface area contributed by atoms with Gasteiger partial charge >= 0.3 is 0 Å². The van der Waals surface area contributed by atoms with Gasteiger partial charge in [-0.05, 0) is 41.8 Å². The van der Waals surface area contributed by atoms with E-state index in [0.717, 1.165) is 23.5 Å². The number of thiocarbonyl (C=S) groups is 1. The molecule has 1 aliphatic heterocycles. The van der Waals surface area contributed by atoms with Crippen LogP contribution in [0.15, 0.2) is 53.4 Å². The van der Waals surface area contributed by atoms with Crippen LogP contribution in [0.5, 0.6) is 11.5 Å². The molecule has 0 saturated carbocycles. The summed E-state index contributed by atoms with van der Waals surface area (Å²) in [7, 11) is 0. The fourth-order valence-electron chi connectivity index (χ4n) is 2.51. The van der Waals surface area contributed by atoms with Gasteiger partial charge in [-0.25, -0.2) is 0 Å². The molecule has 1 heterocycles. The smallest absolute Gasteiger partial charge is 0.263 e. The zero-order chi connectivity index (χ0) is 18.4. The highest BCUT2D eigenvalue weighted by molar-refractivity contribution is 8.26. The number of carbonyl (C=O) groups is 1. The van der Waals surface area contributed by atoms with Crippen molar-refractivity contribution in [3.63, 3.8) is 0 Å². The molecule has 0 aromatic heterocycles. The van der Waals surface area contributed by atoms with Gasteiger partial charge in [0.25, 0.3) is 5.91 Å². The van der Waals surface area contributed by atoms with E-state index in [1.807, 2.05) is 42.5 Å². The zero-order valence-corrected chi connectivity index (χ0v) is 16.0. The summed E-state index contributed by atoms with van der Waals surface area (Å²) in [5.74, 6) is 1.48. The molecule has 134 valence electrons. The van der Waals surface area contributed by atoms with E-state index in [4.69, 9.17) is 21.7 Å². The fraction of sp³-hybridized carbons (Fsp3) is 0.200. The van der Waals surface area contributed by atoms with Gasteiger partial charge in [-0.15, -0.1) is 0 Å². The van der Waals surface area contributed by atoms with Crippen LogP contribution >= 0.6 is 24.0 Å². The first-order chi connectivity index (χ1) is 12.7. The van der Waals surface area contributed by atoms with Gasteiger partial charge in [0.05, 0.1) is 4.91 Å². The van der Waals surface area contributed by atoms with E-state index in [1.54, 1.807) is 6.08 Å². The Morgan fingerprint density at radius 1 is 1.12 bits per heavy atom. The third kappa shape index (κ3) is 4.86. The number of amides is 1. The molecule has 1 fully saturated rings. The quantitative estimate of drug-likeness (QED) is 0.440. The molecule has 1 saturated heterocycles. The van der Waals surface area contributed by atoms with Crippen LogP contribution in [-0.4, -0.2) is 23.4 Å². The number of benzene rings is 2. The van der Waals surface area contributed by atoms with Gasteiger partial charge in [0, 0.05) is 0 Å². The molecule has 0 radical (unpaired) electrons. The van der Waals surface area contributed by atoms with Crippen LogP contribution in [0, 0.1) is 0 Å². The summed E-state index contributed by atoms with van der Waals surface area (Å²) >= 11 is 6.26. The van der Waals surface area contributed by atoms with E-state index in [9.17, 15) is 4.79 Å². The lowest BCUT2D eigenvalue weighted by Crippen LogP contribution is -2.17. The van der Waals surface area contributed by atoms with Gasteiger partial charge in [0.2, 0.25) is 0 Å². The maximum atomic E-state index is 11.7. The number of hydrogen-bond acceptors (Lipinski definition) is 5. The summed E-state index contributed by atoms with van der Waals surface area (Å²) in [5, 5.41) is 2.61. The lowest BCUT2D eigenvalue weighted by molar-refractivity contribution is -0.115. The Hall–Kier alpha value is -2.31. The first-order valence-corrected chi connectivity index (χ1v) is 9.56. The van der Waals surface area contributed by atoms with Crippen molar-refractivity contribution >= 4 is 40.3 Å². The van der Waals surface area contributed by atoms with Crippen LogP contribution in [0.1, 0.15) is 18.1 Å². The molecule has 1 N–H and O–H groups in total. The summed E-state index contributed by atoms with van der Waals surface area (Å²) in [4.78, 5) is 12.3. The zero-order valence-electron chi connectivity index (χ0n) is 14.4. The normalized spacial score (nSPS) is 15.2. The Kier molecular flexibility index (Phi) is 6.30. The largest absolute Gasteiger partial charge is 0.490 e. The van der Waals surface area contributed by atoms with E-state index in [-0.39, 0.29) is 5.91 Å². The highest BCUT2D eigenvalue weighted by atomic mass is 32.2. The van der Waals surface area contributed by atoms with Crippen molar-refractivity contribution in [1.82, 2.24) is 5.32 Å². The molecule has 3 rings (SSSR count). The summed E-state index contributed by atoms with van der Waals surface area (Å²) in [5.41, 5.74) is 2.08. The molecule has 1 amide bonds. The van der Waals surface area contributed by atoms with Gasteiger partial charge in [0.1, 0.15) is 29.0 Å². The molecule has 0 atom stereocenters. The third-order valence-electron chi connectivity index (χ3n) is 3.76. The van der Waals surface area contributed by atoms with Crippen molar-refractivity contribution in [2.24, 2.45) is 0 Å². The fourth-order valence-corrected chi connectivity index (χ4v) is 3.56. The van der Waals surface area contributed by atoms with E-state index in [2.05, 4.69) is 18.3 Å². The van der Waals surface area contributed by atoms with Crippen molar-refractivity contribution < 1.29 is 14.3 Å².